The minimum Gasteiger partial charge on any atom is -0.283 e. The molecule has 0 amide bonds. The summed E-state index contributed by atoms with van der Waals surface area (Å²) in [6.07, 6.45) is 3.45. The van der Waals surface area contributed by atoms with Crippen LogP contribution in [0.25, 0.3) is 0 Å². The second kappa shape index (κ2) is 4.12. The van der Waals surface area contributed by atoms with Gasteiger partial charge in [-0.2, -0.15) is 5.43 Å². The van der Waals surface area contributed by atoms with Gasteiger partial charge in [0, 0.05) is 6.07 Å². The Morgan fingerprint density at radius 2 is 2.12 bits per heavy atom. The van der Waals surface area contributed by atoms with Gasteiger partial charge in [0.25, 0.3) is 0 Å². The van der Waals surface area contributed by atoms with E-state index in [1.807, 2.05) is 40.0 Å². The van der Waals surface area contributed by atoms with Crippen molar-refractivity contribution >= 4 is 5.95 Å². The van der Waals surface area contributed by atoms with E-state index >= 15 is 0 Å². The fraction of sp³-hybridized carbons (Fsp3) is 0.167. The van der Waals surface area contributed by atoms with Gasteiger partial charge in [-0.25, -0.2) is 4.57 Å². The molecule has 0 spiro atoms. The number of rotatable bonds is 2. The zero-order chi connectivity index (χ0) is 11.7. The van der Waals surface area contributed by atoms with Gasteiger partial charge in [0.15, 0.2) is 0 Å². The maximum absolute atomic E-state index is 6.12. The summed E-state index contributed by atoms with van der Waals surface area (Å²) < 4.78 is 1.91. The molecule has 0 saturated carbocycles. The van der Waals surface area contributed by atoms with Crippen molar-refractivity contribution in [1.82, 2.24) is 9.99 Å². The van der Waals surface area contributed by atoms with Crippen molar-refractivity contribution in [2.45, 2.75) is 12.8 Å². The number of nitrogens with one attached hydrogen (secondary N) is 1. The number of nitrogens with zero attached hydrogens (tertiary/aromatic N) is 3. The topological polar surface area (TPSA) is 58.1 Å². The molecule has 0 fully saturated rings. The first-order valence-electron chi connectivity index (χ1n) is 5.53. The summed E-state index contributed by atoms with van der Waals surface area (Å²) in [5, 5.41) is 1.96. The molecule has 17 heavy (non-hydrogen) atoms. The zero-order valence-corrected chi connectivity index (χ0v) is 9.32. The molecule has 1 aromatic heterocycles. The number of hydrogen-bond acceptors (Lipinski definition) is 4. The van der Waals surface area contributed by atoms with Crippen LogP contribution in [0.5, 0.6) is 0 Å². The Labute approximate surface area is 99.5 Å². The Balaban J connectivity index is 1.81. The van der Waals surface area contributed by atoms with Crippen LogP contribution in [0, 0.1) is 0 Å². The van der Waals surface area contributed by atoms with Gasteiger partial charge in [-0.3, -0.25) is 5.73 Å². The molecule has 1 atom stereocenters. The monoisotopic (exact) mass is 228 g/mol. The summed E-state index contributed by atoms with van der Waals surface area (Å²) in [6, 6.07) is 12.1. The van der Waals surface area contributed by atoms with Gasteiger partial charge in [-0.05, 0) is 5.56 Å². The van der Waals surface area contributed by atoms with E-state index in [1.165, 1.54) is 5.56 Å². The molecule has 1 aromatic carbocycles. The molecule has 1 aliphatic heterocycles. The molecule has 3 rings (SSSR count). The molecule has 0 saturated heterocycles. The van der Waals surface area contributed by atoms with Crippen LogP contribution in [0.15, 0.2) is 48.8 Å². The van der Waals surface area contributed by atoms with Crippen molar-refractivity contribution in [2.75, 3.05) is 5.43 Å². The highest BCUT2D eigenvalue weighted by Crippen LogP contribution is 2.15. The molecular formula is C12H14N5+. The molecule has 1 unspecified atom stereocenters. The quantitative estimate of drug-likeness (QED) is 0.740. The number of hydrogen-bond donors (Lipinski definition) is 2. The Kier molecular flexibility index (Phi) is 2.47. The van der Waals surface area contributed by atoms with Gasteiger partial charge in [0.05, 0.1) is 12.7 Å². The van der Waals surface area contributed by atoms with Crippen LogP contribution in [0.1, 0.15) is 11.9 Å². The fourth-order valence-electron chi connectivity index (χ4n) is 1.94. The summed E-state index contributed by atoms with van der Waals surface area (Å²) in [5.41, 5.74) is 10.5. The lowest BCUT2D eigenvalue weighted by Gasteiger charge is -2.15. The van der Waals surface area contributed by atoms with Crippen LogP contribution in [0.4, 0.5) is 5.95 Å². The van der Waals surface area contributed by atoms with E-state index in [0.717, 1.165) is 12.5 Å². The minimum absolute atomic E-state index is 0.223. The molecule has 86 valence electrons. The summed E-state index contributed by atoms with van der Waals surface area (Å²) in [6.45, 7) is 0.741. The smallest absolute Gasteiger partial charge is 0.283 e. The maximum Gasteiger partial charge on any atom is 0.411 e. The lowest BCUT2D eigenvalue weighted by Crippen LogP contribution is -2.47. The number of nitrogens with two attached hydrogens (primary N) is 1. The SMILES string of the molecule is NC1N(Cc2ccccc2)Nc2nccc[n+]21. The summed E-state index contributed by atoms with van der Waals surface area (Å²) in [5.74, 6) is 0.774. The van der Waals surface area contributed by atoms with E-state index < -0.39 is 0 Å². The van der Waals surface area contributed by atoms with Crippen LogP contribution >= 0.6 is 0 Å². The summed E-state index contributed by atoms with van der Waals surface area (Å²) in [4.78, 5) is 4.23. The summed E-state index contributed by atoms with van der Waals surface area (Å²) >= 11 is 0. The minimum atomic E-state index is -0.223. The number of anilines is 1. The number of benzene rings is 1. The standard InChI is InChI=1S/C12H13N5/c13-11-16-8-4-7-14-12(16)15-17(11)9-10-5-2-1-3-6-10/h1-8,11H,9,13H2/p+1. The van der Waals surface area contributed by atoms with Crippen molar-refractivity contribution in [1.29, 1.82) is 0 Å². The third kappa shape index (κ3) is 1.86. The van der Waals surface area contributed by atoms with E-state index in [4.69, 9.17) is 5.73 Å². The first-order valence-corrected chi connectivity index (χ1v) is 5.53. The van der Waals surface area contributed by atoms with Crippen molar-refractivity contribution in [3.63, 3.8) is 0 Å². The lowest BCUT2D eigenvalue weighted by atomic mass is 10.2. The molecule has 5 nitrogen and oxygen atoms in total. The summed E-state index contributed by atoms with van der Waals surface area (Å²) in [7, 11) is 0. The fourth-order valence-corrected chi connectivity index (χ4v) is 1.94. The predicted molar refractivity (Wildman–Crippen MR) is 63.3 cm³/mol. The van der Waals surface area contributed by atoms with Gasteiger partial charge in [-0.1, -0.05) is 35.3 Å². The molecule has 5 heteroatoms. The Hall–Kier alpha value is -1.98. The first-order chi connectivity index (χ1) is 8.34. The third-order valence-electron chi connectivity index (χ3n) is 2.82. The van der Waals surface area contributed by atoms with E-state index in [1.54, 1.807) is 6.20 Å². The van der Waals surface area contributed by atoms with E-state index in [-0.39, 0.29) is 6.29 Å². The van der Waals surface area contributed by atoms with Gasteiger partial charge in [-0.15, -0.1) is 5.01 Å². The van der Waals surface area contributed by atoms with Gasteiger partial charge < -0.3 is 0 Å². The van der Waals surface area contributed by atoms with Crippen molar-refractivity contribution in [3.05, 3.63) is 54.4 Å². The molecule has 2 heterocycles. The van der Waals surface area contributed by atoms with Crippen LogP contribution < -0.4 is 15.7 Å². The van der Waals surface area contributed by atoms with Gasteiger partial charge >= 0.3 is 5.95 Å². The average Bonchev–Trinajstić information content (AvgIpc) is 2.68. The van der Waals surface area contributed by atoms with Crippen LogP contribution in [-0.2, 0) is 6.54 Å². The lowest BCUT2D eigenvalue weighted by molar-refractivity contribution is -0.716. The van der Waals surface area contributed by atoms with Crippen molar-refractivity contribution in [3.8, 4) is 0 Å². The molecule has 1 aliphatic rings. The molecule has 0 aliphatic carbocycles. The van der Waals surface area contributed by atoms with Crippen molar-refractivity contribution in [2.24, 2.45) is 5.73 Å². The van der Waals surface area contributed by atoms with E-state index in [0.29, 0.717) is 0 Å². The van der Waals surface area contributed by atoms with Gasteiger partial charge in [0.1, 0.15) is 6.20 Å². The normalized spacial score (nSPS) is 18.8. The molecule has 2 aromatic rings. The number of aromatic nitrogens is 2. The third-order valence-corrected chi connectivity index (χ3v) is 2.82. The highest BCUT2D eigenvalue weighted by Gasteiger charge is 2.33. The largest absolute Gasteiger partial charge is 0.411 e. The van der Waals surface area contributed by atoms with Gasteiger partial charge in [0.2, 0.25) is 6.29 Å². The van der Waals surface area contributed by atoms with E-state index in [9.17, 15) is 0 Å². The van der Waals surface area contributed by atoms with Crippen LogP contribution in [0.3, 0.4) is 0 Å². The highest BCUT2D eigenvalue weighted by atomic mass is 15.7. The molecular weight excluding hydrogens is 214 g/mol. The second-order valence-corrected chi connectivity index (χ2v) is 3.99. The Morgan fingerprint density at radius 1 is 1.29 bits per heavy atom. The predicted octanol–water partition coefficient (Wildman–Crippen LogP) is 0.627. The average molecular weight is 228 g/mol. The number of fused-ring (bicyclic) bond motifs is 1. The van der Waals surface area contributed by atoms with Crippen LogP contribution in [-0.4, -0.2) is 9.99 Å². The highest BCUT2D eigenvalue weighted by molar-refractivity contribution is 5.19. The molecule has 0 radical (unpaired) electrons. The van der Waals surface area contributed by atoms with Crippen molar-refractivity contribution < 1.29 is 4.57 Å². The number of hydrazine groups is 1. The molecule has 3 N–H and O–H groups in total. The first kappa shape index (κ1) is 10.2. The van der Waals surface area contributed by atoms with E-state index in [2.05, 4.69) is 22.5 Å². The van der Waals surface area contributed by atoms with Crippen LogP contribution in [0.2, 0.25) is 0 Å². The zero-order valence-electron chi connectivity index (χ0n) is 9.32. The Morgan fingerprint density at radius 3 is 2.88 bits per heavy atom. The maximum atomic E-state index is 6.12. The molecule has 0 bridgehead atoms. The Bertz CT molecular complexity index is 513. The second-order valence-electron chi connectivity index (χ2n) is 3.99.